The van der Waals surface area contributed by atoms with E-state index >= 15 is 0 Å². The first kappa shape index (κ1) is 13.3. The molecule has 0 aliphatic rings. The lowest BCUT2D eigenvalue weighted by molar-refractivity contribution is 0.438. The summed E-state index contributed by atoms with van der Waals surface area (Å²) >= 11 is 9.22. The number of rotatable bonds is 4. The second-order valence-corrected chi connectivity index (χ2v) is 4.87. The highest BCUT2D eigenvalue weighted by Crippen LogP contribution is 2.30. The van der Waals surface area contributed by atoms with Crippen LogP contribution in [0.1, 0.15) is 5.56 Å². The monoisotopic (exact) mass is 327 g/mol. The minimum absolute atomic E-state index is 0.304. The van der Waals surface area contributed by atoms with Gasteiger partial charge in [-0.25, -0.2) is 9.97 Å². The zero-order chi connectivity index (χ0) is 13.0. The van der Waals surface area contributed by atoms with Gasteiger partial charge in [-0.1, -0.05) is 11.6 Å². The van der Waals surface area contributed by atoms with Gasteiger partial charge in [0.05, 0.1) is 4.47 Å². The minimum atomic E-state index is 0.304. The molecule has 0 bridgehead atoms. The first-order chi connectivity index (χ1) is 8.69. The van der Waals surface area contributed by atoms with Crippen molar-refractivity contribution in [3.63, 3.8) is 0 Å². The molecule has 0 saturated carbocycles. The molecule has 2 rings (SSSR count). The van der Waals surface area contributed by atoms with E-state index in [4.69, 9.17) is 16.3 Å². The number of benzene rings is 1. The Balaban J connectivity index is 2.13. The van der Waals surface area contributed by atoms with Crippen molar-refractivity contribution in [3.05, 3.63) is 45.7 Å². The Morgan fingerprint density at radius 1 is 1.33 bits per heavy atom. The molecule has 1 aromatic carbocycles. The van der Waals surface area contributed by atoms with Gasteiger partial charge in [-0.3, -0.25) is 0 Å². The van der Waals surface area contributed by atoms with E-state index in [-0.39, 0.29) is 0 Å². The van der Waals surface area contributed by atoms with Gasteiger partial charge in [-0.05, 0) is 41.2 Å². The van der Waals surface area contributed by atoms with Gasteiger partial charge >= 0.3 is 6.01 Å². The molecular formula is C12H11BrClN3O. The Kier molecular flexibility index (Phi) is 4.52. The number of ether oxygens (including phenoxy) is 1. The van der Waals surface area contributed by atoms with Crippen molar-refractivity contribution in [1.82, 2.24) is 15.3 Å². The lowest BCUT2D eigenvalue weighted by Crippen LogP contribution is -2.06. The second-order valence-electron chi connectivity index (χ2n) is 3.58. The van der Waals surface area contributed by atoms with Crippen LogP contribution in [0.3, 0.4) is 0 Å². The van der Waals surface area contributed by atoms with Gasteiger partial charge in [0.2, 0.25) is 0 Å². The van der Waals surface area contributed by atoms with E-state index in [2.05, 4.69) is 31.2 Å². The number of nitrogens with one attached hydrogen (secondary N) is 1. The Morgan fingerprint density at radius 3 is 2.67 bits per heavy atom. The van der Waals surface area contributed by atoms with E-state index in [1.807, 2.05) is 7.05 Å². The molecule has 1 aromatic heterocycles. The Labute approximate surface area is 118 Å². The average Bonchev–Trinajstić information content (AvgIpc) is 2.35. The Morgan fingerprint density at radius 2 is 2.06 bits per heavy atom. The van der Waals surface area contributed by atoms with Crippen LogP contribution in [0.25, 0.3) is 0 Å². The van der Waals surface area contributed by atoms with Crippen LogP contribution in [0, 0.1) is 0 Å². The molecule has 18 heavy (non-hydrogen) atoms. The molecule has 0 fully saturated rings. The van der Waals surface area contributed by atoms with E-state index in [0.717, 1.165) is 16.6 Å². The maximum Gasteiger partial charge on any atom is 0.321 e. The molecule has 94 valence electrons. The summed E-state index contributed by atoms with van der Waals surface area (Å²) in [5.74, 6) is 0.626. The lowest BCUT2D eigenvalue weighted by atomic mass is 10.3. The predicted octanol–water partition coefficient (Wildman–Crippen LogP) is 3.40. The van der Waals surface area contributed by atoms with Crippen molar-refractivity contribution in [2.75, 3.05) is 7.05 Å². The van der Waals surface area contributed by atoms with Crippen LogP contribution in [-0.4, -0.2) is 17.0 Å². The molecule has 4 nitrogen and oxygen atoms in total. The van der Waals surface area contributed by atoms with Crippen molar-refractivity contribution < 1.29 is 4.74 Å². The summed E-state index contributed by atoms with van der Waals surface area (Å²) in [6.45, 7) is 0.727. The van der Waals surface area contributed by atoms with Crippen LogP contribution in [0.15, 0.2) is 35.1 Å². The van der Waals surface area contributed by atoms with Gasteiger partial charge in [0, 0.05) is 29.5 Å². The quantitative estimate of drug-likeness (QED) is 0.934. The van der Waals surface area contributed by atoms with Crippen molar-refractivity contribution in [2.24, 2.45) is 0 Å². The van der Waals surface area contributed by atoms with Crippen LogP contribution in [0.2, 0.25) is 5.02 Å². The summed E-state index contributed by atoms with van der Waals surface area (Å²) in [7, 11) is 1.87. The summed E-state index contributed by atoms with van der Waals surface area (Å²) in [6.07, 6.45) is 3.45. The van der Waals surface area contributed by atoms with Crippen molar-refractivity contribution in [1.29, 1.82) is 0 Å². The first-order valence-electron chi connectivity index (χ1n) is 5.27. The highest BCUT2D eigenvalue weighted by molar-refractivity contribution is 9.10. The second kappa shape index (κ2) is 6.13. The first-order valence-corrected chi connectivity index (χ1v) is 6.44. The largest absolute Gasteiger partial charge is 0.423 e. The molecule has 0 radical (unpaired) electrons. The summed E-state index contributed by atoms with van der Waals surface area (Å²) in [6, 6.07) is 5.57. The summed E-state index contributed by atoms with van der Waals surface area (Å²) < 4.78 is 6.31. The Bertz CT molecular complexity index is 533. The number of hydrogen-bond donors (Lipinski definition) is 1. The van der Waals surface area contributed by atoms with Crippen molar-refractivity contribution >= 4 is 27.5 Å². The third kappa shape index (κ3) is 3.41. The molecule has 0 aliphatic carbocycles. The fourth-order valence-corrected chi connectivity index (χ4v) is 2.11. The normalized spacial score (nSPS) is 10.4. The summed E-state index contributed by atoms with van der Waals surface area (Å²) in [5.41, 5.74) is 1.00. The highest BCUT2D eigenvalue weighted by Gasteiger charge is 2.05. The van der Waals surface area contributed by atoms with E-state index < -0.39 is 0 Å². The minimum Gasteiger partial charge on any atom is -0.423 e. The molecule has 2 aromatic rings. The Hall–Kier alpha value is -1.17. The van der Waals surface area contributed by atoms with E-state index in [0.29, 0.717) is 16.8 Å². The fourth-order valence-electron chi connectivity index (χ4n) is 1.35. The molecule has 0 amide bonds. The van der Waals surface area contributed by atoms with E-state index in [1.165, 1.54) is 0 Å². The van der Waals surface area contributed by atoms with Gasteiger partial charge in [0.1, 0.15) is 5.75 Å². The summed E-state index contributed by atoms with van der Waals surface area (Å²) in [5, 5.41) is 3.66. The van der Waals surface area contributed by atoms with Gasteiger partial charge in [-0.2, -0.15) is 0 Å². The summed E-state index contributed by atoms with van der Waals surface area (Å²) in [4.78, 5) is 8.26. The number of nitrogens with zero attached hydrogens (tertiary/aromatic N) is 2. The lowest BCUT2D eigenvalue weighted by Gasteiger charge is -2.06. The van der Waals surface area contributed by atoms with Crippen molar-refractivity contribution in [3.8, 4) is 11.8 Å². The van der Waals surface area contributed by atoms with Crippen LogP contribution in [0.4, 0.5) is 0 Å². The molecule has 0 atom stereocenters. The SMILES string of the molecule is CNCc1cnc(Oc2ccc(Cl)cc2Br)nc1. The van der Waals surface area contributed by atoms with Crippen LogP contribution in [0.5, 0.6) is 11.8 Å². The van der Waals surface area contributed by atoms with Gasteiger partial charge in [-0.15, -0.1) is 0 Å². The standard InChI is InChI=1S/C12H11BrClN3O/c1-15-5-8-6-16-12(17-7-8)18-11-3-2-9(14)4-10(11)13/h2-4,6-7,15H,5H2,1H3. The fraction of sp³-hybridized carbons (Fsp3) is 0.167. The predicted molar refractivity (Wildman–Crippen MR) is 74.0 cm³/mol. The molecule has 0 saturated heterocycles. The van der Waals surface area contributed by atoms with Crippen LogP contribution in [-0.2, 0) is 6.54 Å². The average molecular weight is 329 g/mol. The molecular weight excluding hydrogens is 318 g/mol. The van der Waals surface area contributed by atoms with Crippen molar-refractivity contribution in [2.45, 2.75) is 6.54 Å². The zero-order valence-corrected chi connectivity index (χ0v) is 12.0. The van der Waals surface area contributed by atoms with Crippen LogP contribution < -0.4 is 10.1 Å². The topological polar surface area (TPSA) is 47.0 Å². The molecule has 0 aliphatic heterocycles. The number of halogens is 2. The highest BCUT2D eigenvalue weighted by atomic mass is 79.9. The zero-order valence-electron chi connectivity index (χ0n) is 9.65. The molecule has 1 heterocycles. The van der Waals surface area contributed by atoms with Gasteiger partial charge < -0.3 is 10.1 Å². The molecule has 0 unspecified atom stereocenters. The smallest absolute Gasteiger partial charge is 0.321 e. The maximum absolute atomic E-state index is 5.85. The third-order valence-electron chi connectivity index (χ3n) is 2.16. The number of hydrogen-bond acceptors (Lipinski definition) is 4. The van der Waals surface area contributed by atoms with Gasteiger partial charge in [0.15, 0.2) is 0 Å². The van der Waals surface area contributed by atoms with E-state index in [1.54, 1.807) is 30.6 Å². The van der Waals surface area contributed by atoms with E-state index in [9.17, 15) is 0 Å². The number of aromatic nitrogens is 2. The van der Waals surface area contributed by atoms with Gasteiger partial charge in [0.25, 0.3) is 0 Å². The maximum atomic E-state index is 5.85. The third-order valence-corrected chi connectivity index (χ3v) is 3.01. The van der Waals surface area contributed by atoms with Crippen LogP contribution >= 0.6 is 27.5 Å². The molecule has 1 N–H and O–H groups in total. The molecule has 0 spiro atoms. The molecule has 6 heteroatoms.